The zero-order valence-corrected chi connectivity index (χ0v) is 20.2. The molecule has 1 atom stereocenters. The summed E-state index contributed by atoms with van der Waals surface area (Å²) in [7, 11) is 0. The lowest BCUT2D eigenvalue weighted by Gasteiger charge is -2.23. The van der Waals surface area contributed by atoms with E-state index in [1.807, 2.05) is 43.9 Å². The van der Waals surface area contributed by atoms with Crippen molar-refractivity contribution in [1.29, 1.82) is 0 Å². The van der Waals surface area contributed by atoms with E-state index in [1.54, 1.807) is 0 Å². The quantitative estimate of drug-likeness (QED) is 0.726. The number of hydrogen-bond acceptors (Lipinski definition) is 4. The summed E-state index contributed by atoms with van der Waals surface area (Å²) >= 11 is 0. The molecule has 6 nitrogen and oxygen atoms in total. The second kappa shape index (κ2) is 10.4. The number of rotatable bonds is 6. The molecule has 2 amide bonds. The Labute approximate surface area is 197 Å². The van der Waals surface area contributed by atoms with Gasteiger partial charge in [-0.05, 0) is 45.6 Å². The lowest BCUT2D eigenvalue weighted by molar-refractivity contribution is -0.129. The molecule has 176 valence electrons. The molecule has 1 saturated heterocycles. The summed E-state index contributed by atoms with van der Waals surface area (Å²) in [5.74, 6) is 1.17. The van der Waals surface area contributed by atoms with Crippen LogP contribution in [-0.2, 0) is 22.4 Å². The first kappa shape index (κ1) is 23.4. The molecule has 1 aliphatic heterocycles. The van der Waals surface area contributed by atoms with Gasteiger partial charge in [-0.15, -0.1) is 0 Å². The predicted octanol–water partition coefficient (Wildman–Crippen LogP) is 3.95. The summed E-state index contributed by atoms with van der Waals surface area (Å²) in [4.78, 5) is 36.9. The van der Waals surface area contributed by atoms with E-state index in [0.717, 1.165) is 54.1 Å². The minimum atomic E-state index is 0.0678. The van der Waals surface area contributed by atoms with Gasteiger partial charge in [-0.2, -0.15) is 0 Å². The van der Waals surface area contributed by atoms with E-state index >= 15 is 0 Å². The van der Waals surface area contributed by atoms with Crippen LogP contribution in [-0.4, -0.2) is 45.8 Å². The Kier molecular flexibility index (Phi) is 7.41. The fourth-order valence-corrected chi connectivity index (χ4v) is 5.20. The predicted molar refractivity (Wildman–Crippen MR) is 129 cm³/mol. The van der Waals surface area contributed by atoms with Gasteiger partial charge in [0.1, 0.15) is 5.82 Å². The molecule has 1 unspecified atom stereocenters. The van der Waals surface area contributed by atoms with Gasteiger partial charge in [0.15, 0.2) is 0 Å². The van der Waals surface area contributed by atoms with Crippen molar-refractivity contribution < 1.29 is 9.59 Å². The summed E-state index contributed by atoms with van der Waals surface area (Å²) in [5, 5.41) is 3.19. The van der Waals surface area contributed by atoms with Crippen molar-refractivity contribution >= 4 is 11.8 Å². The number of nitrogens with zero attached hydrogens (tertiary/aromatic N) is 3. The van der Waals surface area contributed by atoms with Gasteiger partial charge in [0.2, 0.25) is 11.8 Å². The molecule has 2 aliphatic rings. The van der Waals surface area contributed by atoms with Crippen molar-refractivity contribution in [1.82, 2.24) is 20.2 Å². The summed E-state index contributed by atoms with van der Waals surface area (Å²) in [6.07, 6.45) is 7.48. The van der Waals surface area contributed by atoms with Crippen molar-refractivity contribution in [2.45, 2.75) is 84.1 Å². The van der Waals surface area contributed by atoms with Crippen molar-refractivity contribution in [3.8, 4) is 0 Å². The highest BCUT2D eigenvalue weighted by molar-refractivity contribution is 5.80. The number of aryl methyl sites for hydroxylation is 3. The van der Waals surface area contributed by atoms with E-state index in [-0.39, 0.29) is 17.7 Å². The first-order chi connectivity index (χ1) is 15.9. The summed E-state index contributed by atoms with van der Waals surface area (Å²) in [5.41, 5.74) is 4.91. The number of amides is 2. The van der Waals surface area contributed by atoms with Crippen LogP contribution >= 0.6 is 0 Å². The van der Waals surface area contributed by atoms with Gasteiger partial charge in [-0.3, -0.25) is 9.59 Å². The van der Waals surface area contributed by atoms with Crippen LogP contribution in [0.3, 0.4) is 0 Å². The first-order valence-corrected chi connectivity index (χ1v) is 12.4. The maximum absolute atomic E-state index is 12.8. The molecule has 33 heavy (non-hydrogen) atoms. The summed E-state index contributed by atoms with van der Waals surface area (Å²) in [6, 6.07) is 8.45. The third-order valence-electron chi connectivity index (χ3n) is 7.09. The van der Waals surface area contributed by atoms with Crippen molar-refractivity contribution in [3.63, 3.8) is 0 Å². The Morgan fingerprint density at radius 1 is 1.00 bits per heavy atom. The second-order valence-corrected chi connectivity index (χ2v) is 9.80. The molecule has 1 aromatic carbocycles. The molecule has 2 aromatic rings. The van der Waals surface area contributed by atoms with Gasteiger partial charge in [0, 0.05) is 42.0 Å². The fourth-order valence-electron chi connectivity index (χ4n) is 5.20. The Bertz CT molecular complexity index is 990. The zero-order chi connectivity index (χ0) is 23.4. The van der Waals surface area contributed by atoms with Crippen LogP contribution in [0.1, 0.15) is 78.3 Å². The van der Waals surface area contributed by atoms with Crippen LogP contribution in [0.4, 0.5) is 0 Å². The second-order valence-electron chi connectivity index (χ2n) is 9.80. The maximum atomic E-state index is 12.8. The van der Waals surface area contributed by atoms with E-state index in [2.05, 4.69) is 11.4 Å². The highest BCUT2D eigenvalue weighted by Crippen LogP contribution is 2.27. The minimum Gasteiger partial charge on any atom is -0.353 e. The van der Waals surface area contributed by atoms with Crippen molar-refractivity contribution in [3.05, 3.63) is 58.2 Å². The molecule has 6 heteroatoms. The zero-order valence-electron chi connectivity index (χ0n) is 20.2. The van der Waals surface area contributed by atoms with Crippen LogP contribution in [0.15, 0.2) is 24.3 Å². The average molecular weight is 449 g/mol. The molecule has 0 radical (unpaired) electrons. The number of hydrogen-bond donors (Lipinski definition) is 1. The number of carbonyl (C=O) groups excluding carboxylic acids is 2. The molecule has 1 aromatic heterocycles. The van der Waals surface area contributed by atoms with Gasteiger partial charge in [0.05, 0.1) is 12.8 Å². The normalized spacial score (nSPS) is 19.0. The van der Waals surface area contributed by atoms with Crippen LogP contribution < -0.4 is 5.32 Å². The van der Waals surface area contributed by atoms with Crippen LogP contribution in [0.2, 0.25) is 0 Å². The van der Waals surface area contributed by atoms with Gasteiger partial charge < -0.3 is 10.2 Å². The van der Waals surface area contributed by atoms with Crippen LogP contribution in [0.25, 0.3) is 0 Å². The van der Waals surface area contributed by atoms with Gasteiger partial charge >= 0.3 is 0 Å². The Morgan fingerprint density at radius 2 is 1.73 bits per heavy atom. The average Bonchev–Trinajstić information content (AvgIpc) is 3.27. The molecule has 1 N–H and O–H groups in total. The van der Waals surface area contributed by atoms with Crippen LogP contribution in [0.5, 0.6) is 0 Å². The molecule has 0 bridgehead atoms. The molecule has 1 saturated carbocycles. The Balaban J connectivity index is 1.36. The summed E-state index contributed by atoms with van der Waals surface area (Å²) in [6.45, 7) is 7.38. The largest absolute Gasteiger partial charge is 0.353 e. The highest BCUT2D eigenvalue weighted by atomic mass is 16.2. The fraction of sp³-hybridized carbons (Fsp3) is 0.556. The number of likely N-dealkylation sites (tertiary alicyclic amines) is 1. The molecule has 2 heterocycles. The monoisotopic (exact) mass is 448 g/mol. The smallest absolute Gasteiger partial charge is 0.227 e. The van der Waals surface area contributed by atoms with Gasteiger partial charge in [-0.1, -0.05) is 49.1 Å². The van der Waals surface area contributed by atoms with E-state index in [9.17, 15) is 9.59 Å². The molecule has 0 spiro atoms. The van der Waals surface area contributed by atoms with Crippen LogP contribution in [0, 0.1) is 20.8 Å². The first-order valence-electron chi connectivity index (χ1n) is 12.4. The third kappa shape index (κ3) is 5.98. The van der Waals surface area contributed by atoms with E-state index in [0.29, 0.717) is 25.4 Å². The van der Waals surface area contributed by atoms with E-state index < -0.39 is 0 Å². The lowest BCUT2D eigenvalue weighted by atomic mass is 9.95. The Morgan fingerprint density at radius 3 is 2.42 bits per heavy atom. The maximum Gasteiger partial charge on any atom is 0.227 e. The minimum absolute atomic E-state index is 0.0678. The van der Waals surface area contributed by atoms with E-state index in [1.165, 1.54) is 24.8 Å². The Hall–Kier alpha value is -2.76. The SMILES string of the molecule is Cc1cccc(CC(=O)N2CCC(c3nc(C)c(CC(=O)NC4CCCCC4)c(C)n3)C2)c1. The van der Waals surface area contributed by atoms with Crippen molar-refractivity contribution in [2.24, 2.45) is 0 Å². The third-order valence-corrected chi connectivity index (χ3v) is 7.09. The highest BCUT2D eigenvalue weighted by Gasteiger charge is 2.30. The molecule has 4 rings (SSSR count). The lowest BCUT2D eigenvalue weighted by Crippen LogP contribution is -2.37. The van der Waals surface area contributed by atoms with Gasteiger partial charge in [-0.25, -0.2) is 9.97 Å². The topological polar surface area (TPSA) is 75.2 Å². The number of carbonyl (C=O) groups is 2. The van der Waals surface area contributed by atoms with E-state index in [4.69, 9.17) is 9.97 Å². The number of nitrogens with one attached hydrogen (secondary N) is 1. The molecule has 2 fully saturated rings. The molecular formula is C27H36N4O2. The number of aromatic nitrogens is 2. The van der Waals surface area contributed by atoms with Crippen molar-refractivity contribution in [2.75, 3.05) is 13.1 Å². The molecular weight excluding hydrogens is 412 g/mol. The number of benzene rings is 1. The van der Waals surface area contributed by atoms with Gasteiger partial charge in [0.25, 0.3) is 0 Å². The summed E-state index contributed by atoms with van der Waals surface area (Å²) < 4.78 is 0. The molecule has 1 aliphatic carbocycles. The standard InChI is InChI=1S/C27H36N4O2/c1-18-8-7-9-21(14-18)15-26(33)31-13-12-22(17-31)27-28-19(2)24(20(3)29-27)16-25(32)30-23-10-5-4-6-11-23/h7-9,14,22-23H,4-6,10-13,15-17H2,1-3H3,(H,30,32).